The Kier molecular flexibility index (Phi) is 26.9. The molecule has 0 atom stereocenters. The molecule has 0 saturated heterocycles. The Morgan fingerprint density at radius 1 is 0.476 bits per heavy atom. The molecule has 0 bridgehead atoms. The molecular formula is C33H50O9. The largest absolute Gasteiger partial charge is 0.462 e. The summed E-state index contributed by atoms with van der Waals surface area (Å²) in [4.78, 5) is 45.4. The van der Waals surface area contributed by atoms with Gasteiger partial charge in [-0.15, -0.1) is 0 Å². The smallest absolute Gasteiger partial charge is 0.338 e. The van der Waals surface area contributed by atoms with Crippen molar-refractivity contribution in [3.05, 3.63) is 70.8 Å². The van der Waals surface area contributed by atoms with Crippen LogP contribution < -0.4 is 0 Å². The lowest BCUT2D eigenvalue weighted by Crippen LogP contribution is -2.09. The third kappa shape index (κ3) is 19.6. The molecule has 0 heterocycles. The highest BCUT2D eigenvalue weighted by Gasteiger charge is 2.09. The van der Waals surface area contributed by atoms with E-state index in [-0.39, 0.29) is 23.5 Å². The minimum atomic E-state index is -0.385. The zero-order valence-electron chi connectivity index (χ0n) is 26.7. The van der Waals surface area contributed by atoms with Crippen molar-refractivity contribution < 1.29 is 42.9 Å². The molecule has 0 amide bonds. The van der Waals surface area contributed by atoms with Crippen LogP contribution in [0.2, 0.25) is 0 Å². The van der Waals surface area contributed by atoms with E-state index in [4.69, 9.17) is 23.7 Å². The lowest BCUT2D eigenvalue weighted by Gasteiger charge is -2.06. The molecule has 9 nitrogen and oxygen atoms in total. The second-order valence-corrected chi connectivity index (χ2v) is 8.20. The van der Waals surface area contributed by atoms with Gasteiger partial charge in [-0.2, -0.15) is 0 Å². The van der Waals surface area contributed by atoms with E-state index in [0.29, 0.717) is 74.7 Å². The van der Waals surface area contributed by atoms with Crippen LogP contribution in [0.3, 0.4) is 0 Å². The van der Waals surface area contributed by atoms with E-state index in [9.17, 15) is 19.2 Å². The Hall–Kier alpha value is -3.40. The van der Waals surface area contributed by atoms with Crippen LogP contribution in [-0.2, 0) is 23.7 Å². The van der Waals surface area contributed by atoms with Crippen LogP contribution >= 0.6 is 0 Å². The summed E-state index contributed by atoms with van der Waals surface area (Å²) in [6, 6.07) is 12.9. The molecule has 0 spiro atoms. The first kappa shape index (κ1) is 40.7. The molecule has 9 heteroatoms. The number of benzene rings is 2. The summed E-state index contributed by atoms with van der Waals surface area (Å²) >= 11 is 0. The molecule has 0 aliphatic carbocycles. The minimum Gasteiger partial charge on any atom is -0.462 e. The Labute approximate surface area is 251 Å². The van der Waals surface area contributed by atoms with E-state index in [1.807, 2.05) is 27.7 Å². The second-order valence-electron chi connectivity index (χ2n) is 8.20. The van der Waals surface area contributed by atoms with Crippen molar-refractivity contribution in [1.82, 2.24) is 0 Å². The molecule has 42 heavy (non-hydrogen) atoms. The molecule has 0 aliphatic rings. The van der Waals surface area contributed by atoms with Gasteiger partial charge in [0.25, 0.3) is 0 Å². The van der Waals surface area contributed by atoms with E-state index in [1.165, 1.54) is 13.8 Å². The Morgan fingerprint density at radius 2 is 0.762 bits per heavy atom. The number of carbonyl (C=O) groups is 4. The van der Waals surface area contributed by atoms with E-state index in [2.05, 4.69) is 0 Å². The summed E-state index contributed by atoms with van der Waals surface area (Å²) in [6.07, 6.45) is 2.19. The number of methoxy groups -OCH3 is 2. The van der Waals surface area contributed by atoms with Crippen molar-refractivity contribution in [2.75, 3.05) is 53.9 Å². The molecule has 0 saturated carbocycles. The number of carbonyl (C=O) groups excluding carboxylic acids is 4. The van der Waals surface area contributed by atoms with Crippen molar-refractivity contribution in [1.29, 1.82) is 0 Å². The van der Waals surface area contributed by atoms with E-state index in [0.717, 1.165) is 6.42 Å². The van der Waals surface area contributed by atoms with Crippen LogP contribution in [0.4, 0.5) is 0 Å². The quantitative estimate of drug-likeness (QED) is 0.121. The fourth-order valence-corrected chi connectivity index (χ4v) is 2.95. The van der Waals surface area contributed by atoms with Gasteiger partial charge in [-0.25, -0.2) is 9.59 Å². The summed E-state index contributed by atoms with van der Waals surface area (Å²) in [5.74, 6) is -0.814. The van der Waals surface area contributed by atoms with Gasteiger partial charge in [-0.1, -0.05) is 52.0 Å². The molecule has 0 N–H and O–H groups in total. The molecule has 0 unspecified atom stereocenters. The number of ether oxygens (including phenoxy) is 5. The van der Waals surface area contributed by atoms with Crippen LogP contribution in [-0.4, -0.2) is 77.4 Å². The Morgan fingerprint density at radius 3 is 1.07 bits per heavy atom. The summed E-state index contributed by atoms with van der Waals surface area (Å²) < 4.78 is 25.3. The third-order valence-electron chi connectivity index (χ3n) is 5.08. The van der Waals surface area contributed by atoms with Crippen molar-refractivity contribution in [2.45, 2.75) is 60.8 Å². The lowest BCUT2D eigenvalue weighted by molar-refractivity contribution is 0.0430. The van der Waals surface area contributed by atoms with Crippen LogP contribution in [0.1, 0.15) is 102 Å². The zero-order chi connectivity index (χ0) is 32.2. The molecule has 2 aromatic rings. The van der Waals surface area contributed by atoms with Crippen LogP contribution in [0.25, 0.3) is 0 Å². The fraction of sp³-hybridized carbons (Fsp3) is 0.515. The number of hydrogen-bond donors (Lipinski definition) is 0. The number of Topliss-reactive ketones (excluding diaryl/α,β-unsaturated/α-hetero) is 2. The molecule has 0 aliphatic heterocycles. The SMILES string of the molecule is CC.CC.COCCCOC(=O)c1ccc(C(C)=O)cc1.COCCCOCCCOC(=O)c1ccc(C(C)=O)cc1. The molecular weight excluding hydrogens is 540 g/mol. The van der Waals surface area contributed by atoms with Crippen LogP contribution in [0, 0.1) is 0 Å². The molecule has 0 aromatic heterocycles. The van der Waals surface area contributed by atoms with Gasteiger partial charge in [-0.3, -0.25) is 9.59 Å². The van der Waals surface area contributed by atoms with E-state index in [1.54, 1.807) is 62.8 Å². The highest BCUT2D eigenvalue weighted by molar-refractivity contribution is 5.96. The predicted octanol–water partition coefficient (Wildman–Crippen LogP) is 6.62. The minimum absolute atomic E-state index is 0.0231. The van der Waals surface area contributed by atoms with E-state index < -0.39 is 0 Å². The fourth-order valence-electron chi connectivity index (χ4n) is 2.95. The highest BCUT2D eigenvalue weighted by atomic mass is 16.5. The first-order chi connectivity index (χ1) is 20.3. The van der Waals surface area contributed by atoms with Gasteiger partial charge in [0.15, 0.2) is 11.6 Å². The maximum Gasteiger partial charge on any atom is 0.338 e. The Balaban J connectivity index is 0. The van der Waals surface area contributed by atoms with Gasteiger partial charge >= 0.3 is 11.9 Å². The van der Waals surface area contributed by atoms with Gasteiger partial charge in [0, 0.05) is 64.6 Å². The van der Waals surface area contributed by atoms with Crippen LogP contribution in [0.5, 0.6) is 0 Å². The first-order valence-corrected chi connectivity index (χ1v) is 14.4. The number of hydrogen-bond acceptors (Lipinski definition) is 9. The average molecular weight is 591 g/mol. The van der Waals surface area contributed by atoms with Crippen LogP contribution in [0.15, 0.2) is 48.5 Å². The standard InChI is InChI=1S/C16H22O5.C13H16O4.2C2H6/c1-13(17)14-5-7-15(8-6-14)16(18)21-12-4-11-20-10-3-9-19-2;1-10(14)11-4-6-12(7-5-11)13(15)17-9-3-8-16-2;2*1-2/h5-8H,3-4,9-12H2,1-2H3;4-7H,3,8-9H2,1-2H3;2*1-2H3. The molecule has 2 aromatic carbocycles. The topological polar surface area (TPSA) is 114 Å². The normalized spacial score (nSPS) is 9.52. The van der Waals surface area contributed by atoms with Gasteiger partial charge in [-0.05, 0) is 44.5 Å². The number of ketones is 2. The van der Waals surface area contributed by atoms with Gasteiger partial charge in [0.1, 0.15) is 0 Å². The summed E-state index contributed by atoms with van der Waals surface area (Å²) in [7, 11) is 3.25. The van der Waals surface area contributed by atoms with Crippen molar-refractivity contribution in [3.8, 4) is 0 Å². The lowest BCUT2D eigenvalue weighted by atomic mass is 10.1. The Bertz CT molecular complexity index is 984. The summed E-state index contributed by atoms with van der Waals surface area (Å²) in [6.45, 7) is 14.1. The van der Waals surface area contributed by atoms with Gasteiger partial charge < -0.3 is 23.7 Å². The second kappa shape index (κ2) is 27.8. The highest BCUT2D eigenvalue weighted by Crippen LogP contribution is 2.08. The van der Waals surface area contributed by atoms with Crippen molar-refractivity contribution >= 4 is 23.5 Å². The monoisotopic (exact) mass is 590 g/mol. The number of rotatable bonds is 16. The first-order valence-electron chi connectivity index (χ1n) is 14.4. The maximum absolute atomic E-state index is 11.7. The predicted molar refractivity (Wildman–Crippen MR) is 165 cm³/mol. The molecule has 236 valence electrons. The molecule has 0 fully saturated rings. The molecule has 0 radical (unpaired) electrons. The van der Waals surface area contributed by atoms with Crippen molar-refractivity contribution in [3.63, 3.8) is 0 Å². The third-order valence-corrected chi connectivity index (χ3v) is 5.08. The maximum atomic E-state index is 11.7. The zero-order valence-corrected chi connectivity index (χ0v) is 26.7. The summed E-state index contributed by atoms with van der Waals surface area (Å²) in [5, 5.41) is 0. The van der Waals surface area contributed by atoms with E-state index >= 15 is 0 Å². The summed E-state index contributed by atoms with van der Waals surface area (Å²) in [5.41, 5.74) is 2.06. The molecule has 2 rings (SSSR count). The number of esters is 2. The van der Waals surface area contributed by atoms with Gasteiger partial charge in [0.2, 0.25) is 0 Å². The average Bonchev–Trinajstić information content (AvgIpc) is 3.02. The van der Waals surface area contributed by atoms with Gasteiger partial charge in [0.05, 0.1) is 24.3 Å². The van der Waals surface area contributed by atoms with Crippen molar-refractivity contribution in [2.24, 2.45) is 0 Å².